The summed E-state index contributed by atoms with van der Waals surface area (Å²) in [5, 5.41) is 1.08. The van der Waals surface area contributed by atoms with Crippen LogP contribution in [0.2, 0.25) is 0 Å². The van der Waals surface area contributed by atoms with E-state index < -0.39 is 0 Å². The zero-order valence-corrected chi connectivity index (χ0v) is 10.1. The highest BCUT2D eigenvalue weighted by atomic mass is 16.1. The molecule has 4 nitrogen and oxygen atoms in total. The van der Waals surface area contributed by atoms with Crippen molar-refractivity contribution in [2.75, 3.05) is 0 Å². The number of aldehydes is 1. The summed E-state index contributed by atoms with van der Waals surface area (Å²) in [4.78, 5) is 15.1. The Morgan fingerprint density at radius 1 is 1.28 bits per heavy atom. The van der Waals surface area contributed by atoms with Gasteiger partial charge in [0.15, 0.2) is 0 Å². The molecule has 3 rings (SSSR count). The van der Waals surface area contributed by atoms with Gasteiger partial charge in [0.05, 0.1) is 6.54 Å². The first-order valence-corrected chi connectivity index (χ1v) is 5.78. The van der Waals surface area contributed by atoms with Crippen LogP contribution in [0.5, 0.6) is 0 Å². The van der Waals surface area contributed by atoms with Crippen molar-refractivity contribution in [3.05, 3.63) is 54.2 Å². The van der Waals surface area contributed by atoms with Crippen molar-refractivity contribution in [2.24, 2.45) is 7.05 Å². The van der Waals surface area contributed by atoms with Crippen LogP contribution in [-0.4, -0.2) is 20.4 Å². The molecule has 0 saturated carbocycles. The summed E-state index contributed by atoms with van der Waals surface area (Å²) in [6.07, 6.45) is 6.63. The predicted octanol–water partition coefficient (Wildman–Crippen LogP) is 2.24. The van der Waals surface area contributed by atoms with E-state index in [0.717, 1.165) is 29.6 Å². The Morgan fingerprint density at radius 3 is 2.89 bits per heavy atom. The summed E-state index contributed by atoms with van der Waals surface area (Å²) in [6, 6.07) is 7.73. The number of aryl methyl sites for hydroxylation is 1. The Kier molecular flexibility index (Phi) is 2.48. The van der Waals surface area contributed by atoms with Gasteiger partial charge in [-0.25, -0.2) is 4.98 Å². The molecule has 0 unspecified atom stereocenters. The fourth-order valence-electron chi connectivity index (χ4n) is 2.13. The standard InChI is InChI=1S/C14H13N3O/c1-16-7-5-15-14(16)9-17-6-4-12-8-11(10-18)2-3-13(12)17/h2-8,10H,9H2,1H3. The van der Waals surface area contributed by atoms with Crippen molar-refractivity contribution >= 4 is 17.2 Å². The van der Waals surface area contributed by atoms with Gasteiger partial charge in [-0.2, -0.15) is 0 Å². The van der Waals surface area contributed by atoms with E-state index in [4.69, 9.17) is 0 Å². The van der Waals surface area contributed by atoms with E-state index in [-0.39, 0.29) is 0 Å². The average Bonchev–Trinajstić information content (AvgIpc) is 2.97. The van der Waals surface area contributed by atoms with E-state index in [0.29, 0.717) is 5.56 Å². The number of carbonyl (C=O) groups is 1. The molecule has 0 amide bonds. The number of rotatable bonds is 3. The predicted molar refractivity (Wildman–Crippen MR) is 69.6 cm³/mol. The summed E-state index contributed by atoms with van der Waals surface area (Å²) in [5.41, 5.74) is 1.82. The lowest BCUT2D eigenvalue weighted by Gasteiger charge is -2.05. The number of nitrogens with zero attached hydrogens (tertiary/aromatic N) is 3. The van der Waals surface area contributed by atoms with Crippen molar-refractivity contribution in [3.63, 3.8) is 0 Å². The topological polar surface area (TPSA) is 39.8 Å². The molecule has 3 aromatic rings. The van der Waals surface area contributed by atoms with Crippen LogP contribution < -0.4 is 0 Å². The summed E-state index contributed by atoms with van der Waals surface area (Å²) in [5.74, 6) is 1.01. The summed E-state index contributed by atoms with van der Waals surface area (Å²) in [7, 11) is 1.98. The third-order valence-electron chi connectivity index (χ3n) is 3.16. The van der Waals surface area contributed by atoms with Crippen LogP contribution in [-0.2, 0) is 13.6 Å². The molecule has 4 heteroatoms. The van der Waals surface area contributed by atoms with Gasteiger partial charge in [-0.05, 0) is 24.3 Å². The maximum absolute atomic E-state index is 10.7. The molecule has 2 aromatic heterocycles. The molecule has 0 aliphatic heterocycles. The lowest BCUT2D eigenvalue weighted by atomic mass is 10.2. The highest BCUT2D eigenvalue weighted by Gasteiger charge is 2.05. The first-order valence-electron chi connectivity index (χ1n) is 5.78. The molecule has 90 valence electrons. The minimum atomic E-state index is 0.706. The normalized spacial score (nSPS) is 10.9. The lowest BCUT2D eigenvalue weighted by molar-refractivity contribution is 0.112. The third kappa shape index (κ3) is 1.72. The van der Waals surface area contributed by atoms with Gasteiger partial charge in [-0.3, -0.25) is 4.79 Å². The van der Waals surface area contributed by atoms with E-state index in [2.05, 4.69) is 9.55 Å². The molecule has 0 atom stereocenters. The number of benzene rings is 1. The Balaban J connectivity index is 2.03. The van der Waals surface area contributed by atoms with E-state index in [1.54, 1.807) is 6.20 Å². The second-order valence-corrected chi connectivity index (χ2v) is 4.33. The molecule has 18 heavy (non-hydrogen) atoms. The minimum absolute atomic E-state index is 0.706. The number of fused-ring (bicyclic) bond motifs is 1. The molecular formula is C14H13N3O. The van der Waals surface area contributed by atoms with Crippen LogP contribution in [0.25, 0.3) is 10.9 Å². The third-order valence-corrected chi connectivity index (χ3v) is 3.16. The average molecular weight is 239 g/mol. The highest BCUT2D eigenvalue weighted by Crippen LogP contribution is 2.18. The van der Waals surface area contributed by atoms with Crippen molar-refractivity contribution in [3.8, 4) is 0 Å². The van der Waals surface area contributed by atoms with Gasteiger partial charge < -0.3 is 9.13 Å². The fraction of sp³-hybridized carbons (Fsp3) is 0.143. The Bertz CT molecular complexity index is 709. The molecule has 1 aromatic carbocycles. The lowest BCUT2D eigenvalue weighted by Crippen LogP contribution is -2.04. The van der Waals surface area contributed by atoms with Crippen LogP contribution >= 0.6 is 0 Å². The van der Waals surface area contributed by atoms with E-state index in [1.807, 2.05) is 48.3 Å². The van der Waals surface area contributed by atoms with E-state index in [9.17, 15) is 4.79 Å². The molecule has 2 heterocycles. The summed E-state index contributed by atoms with van der Waals surface area (Å²) in [6.45, 7) is 0.730. The smallest absolute Gasteiger partial charge is 0.150 e. The molecule has 0 spiro atoms. The maximum Gasteiger partial charge on any atom is 0.150 e. The Labute approximate surface area is 104 Å². The highest BCUT2D eigenvalue weighted by molar-refractivity contribution is 5.87. The molecule has 0 saturated heterocycles. The number of carbonyl (C=O) groups excluding carboxylic acids is 1. The van der Waals surface area contributed by atoms with Crippen LogP contribution in [0, 0.1) is 0 Å². The number of aromatic nitrogens is 3. The van der Waals surface area contributed by atoms with E-state index in [1.165, 1.54) is 0 Å². The number of imidazole rings is 1. The number of hydrogen-bond acceptors (Lipinski definition) is 2. The first-order chi connectivity index (χ1) is 8.78. The zero-order valence-electron chi connectivity index (χ0n) is 10.1. The van der Waals surface area contributed by atoms with Crippen LogP contribution in [0.1, 0.15) is 16.2 Å². The maximum atomic E-state index is 10.7. The first kappa shape index (κ1) is 10.8. The van der Waals surface area contributed by atoms with Gasteiger partial charge in [-0.1, -0.05) is 0 Å². The quantitative estimate of drug-likeness (QED) is 0.657. The summed E-state index contributed by atoms with van der Waals surface area (Å²) < 4.78 is 4.14. The second-order valence-electron chi connectivity index (χ2n) is 4.33. The number of hydrogen-bond donors (Lipinski definition) is 0. The Morgan fingerprint density at radius 2 is 2.17 bits per heavy atom. The molecule has 0 aliphatic rings. The van der Waals surface area contributed by atoms with Gasteiger partial charge in [0, 0.05) is 42.1 Å². The van der Waals surface area contributed by atoms with Gasteiger partial charge in [0.25, 0.3) is 0 Å². The molecule has 0 aliphatic carbocycles. The van der Waals surface area contributed by atoms with E-state index >= 15 is 0 Å². The fourth-order valence-corrected chi connectivity index (χ4v) is 2.13. The molecule has 0 bridgehead atoms. The largest absolute Gasteiger partial charge is 0.340 e. The molecular weight excluding hydrogens is 226 g/mol. The minimum Gasteiger partial charge on any atom is -0.340 e. The van der Waals surface area contributed by atoms with Crippen LogP contribution in [0.4, 0.5) is 0 Å². The SMILES string of the molecule is Cn1ccnc1Cn1ccc2cc(C=O)ccc21. The van der Waals surface area contributed by atoms with Gasteiger partial charge >= 0.3 is 0 Å². The second kappa shape index (κ2) is 4.14. The monoisotopic (exact) mass is 239 g/mol. The van der Waals surface area contributed by atoms with Crippen molar-refractivity contribution in [2.45, 2.75) is 6.54 Å². The van der Waals surface area contributed by atoms with Gasteiger partial charge in [-0.15, -0.1) is 0 Å². The molecule has 0 radical (unpaired) electrons. The van der Waals surface area contributed by atoms with Gasteiger partial charge in [0.2, 0.25) is 0 Å². The van der Waals surface area contributed by atoms with Crippen LogP contribution in [0.15, 0.2) is 42.9 Å². The summed E-state index contributed by atoms with van der Waals surface area (Å²) >= 11 is 0. The molecule has 0 fully saturated rings. The van der Waals surface area contributed by atoms with Crippen molar-refractivity contribution < 1.29 is 4.79 Å². The molecule has 0 N–H and O–H groups in total. The van der Waals surface area contributed by atoms with Gasteiger partial charge in [0.1, 0.15) is 12.1 Å². The van der Waals surface area contributed by atoms with Crippen molar-refractivity contribution in [1.82, 2.24) is 14.1 Å². The zero-order chi connectivity index (χ0) is 12.5. The van der Waals surface area contributed by atoms with Crippen LogP contribution in [0.3, 0.4) is 0 Å². The van der Waals surface area contributed by atoms with Crippen molar-refractivity contribution in [1.29, 1.82) is 0 Å². The Hall–Kier alpha value is -2.36.